The molecule has 4 nitrogen and oxygen atoms in total. The Bertz CT molecular complexity index is 1320. The van der Waals surface area contributed by atoms with Crippen LogP contribution in [0.5, 0.6) is 0 Å². The lowest BCUT2D eigenvalue weighted by atomic mass is 9.97. The number of carbonyl (C=O) groups is 1. The van der Waals surface area contributed by atoms with Crippen molar-refractivity contribution in [1.82, 2.24) is 4.90 Å². The molecule has 1 amide bonds. The lowest BCUT2D eigenvalue weighted by Gasteiger charge is -2.30. The van der Waals surface area contributed by atoms with Gasteiger partial charge >= 0.3 is 6.09 Å². The fraction of sp³-hybridized carbons (Fsp3) is 0.379. The lowest BCUT2D eigenvalue weighted by molar-refractivity contribution is 0.0230. The Morgan fingerprint density at radius 1 is 1.00 bits per heavy atom. The van der Waals surface area contributed by atoms with Crippen LogP contribution in [0.3, 0.4) is 0 Å². The number of halogens is 1. The van der Waals surface area contributed by atoms with Crippen molar-refractivity contribution >= 4 is 44.2 Å². The van der Waals surface area contributed by atoms with Gasteiger partial charge in [0.25, 0.3) is 0 Å². The summed E-state index contributed by atoms with van der Waals surface area (Å²) in [5.74, 6) is 0.599. The van der Waals surface area contributed by atoms with Gasteiger partial charge in [-0.15, -0.1) is 0 Å². The van der Waals surface area contributed by atoms with Crippen LogP contribution < -0.4 is 0 Å². The Morgan fingerprint density at radius 2 is 1.71 bits per heavy atom. The summed E-state index contributed by atoms with van der Waals surface area (Å²) in [6.07, 6.45) is 2.70. The highest BCUT2D eigenvalue weighted by molar-refractivity contribution is 9.10. The van der Waals surface area contributed by atoms with Gasteiger partial charge in [0, 0.05) is 22.6 Å². The Labute approximate surface area is 210 Å². The third-order valence-electron chi connectivity index (χ3n) is 6.94. The molecule has 0 bridgehead atoms. The fourth-order valence-electron chi connectivity index (χ4n) is 5.32. The highest BCUT2D eigenvalue weighted by Gasteiger charge is 2.56. The summed E-state index contributed by atoms with van der Waals surface area (Å²) < 4.78 is 6.83. The van der Waals surface area contributed by atoms with Crippen LogP contribution in [-0.4, -0.2) is 34.4 Å². The van der Waals surface area contributed by atoms with Crippen LogP contribution in [0.25, 0.3) is 21.9 Å². The smallest absolute Gasteiger partial charge is 0.411 e. The zero-order chi connectivity index (χ0) is 22.9. The first-order chi connectivity index (χ1) is 15.7. The van der Waals surface area contributed by atoms with Crippen molar-refractivity contribution in [3.63, 3.8) is 0 Å². The number of aliphatic imine (C=N–C) groups is 1. The van der Waals surface area contributed by atoms with E-state index in [1.54, 1.807) is 0 Å². The van der Waals surface area contributed by atoms with Gasteiger partial charge in [-0.3, -0.25) is 9.89 Å². The normalized spacial score (nSPS) is 22.6. The predicted octanol–water partition coefficient (Wildman–Crippen LogP) is 7.93. The average Bonchev–Trinajstić information content (AvgIpc) is 3.22. The summed E-state index contributed by atoms with van der Waals surface area (Å²) in [5.41, 5.74) is 5.29. The Kier molecular flexibility index (Phi) is 5.59. The Hall–Kier alpha value is -2.66. The van der Waals surface area contributed by atoms with E-state index in [0.717, 1.165) is 35.1 Å². The number of fused-ring (bicyclic) bond motifs is 3. The molecular formula is C29H31BrN2O2. The zero-order valence-corrected chi connectivity index (χ0v) is 20.7. The molecule has 6 rings (SSSR count). The quantitative estimate of drug-likeness (QED) is 0.345. The van der Waals surface area contributed by atoms with Crippen molar-refractivity contribution < 1.29 is 9.53 Å². The number of benzene rings is 3. The molecule has 3 aromatic carbocycles. The minimum absolute atomic E-state index is 0. The van der Waals surface area contributed by atoms with Crippen LogP contribution in [-0.2, 0) is 11.2 Å². The molecule has 3 aliphatic rings. The molecule has 34 heavy (non-hydrogen) atoms. The van der Waals surface area contributed by atoms with E-state index in [-0.39, 0.29) is 19.6 Å². The SMILES string of the molecule is C.CC(C)(C)OC(=O)N1[C@@H]2C[C@@H]2C[C@H]1C1=Nc2ccc(-c3ccc4cc(Br)ccc4c3)cc2C1. The van der Waals surface area contributed by atoms with E-state index in [0.29, 0.717) is 12.0 Å². The second kappa shape index (κ2) is 8.23. The third kappa shape index (κ3) is 4.15. The molecule has 1 saturated heterocycles. The molecule has 0 aromatic heterocycles. The maximum atomic E-state index is 13.0. The number of ether oxygens (including phenoxy) is 1. The molecular weight excluding hydrogens is 488 g/mol. The van der Waals surface area contributed by atoms with Gasteiger partial charge in [-0.1, -0.05) is 47.6 Å². The number of hydrogen-bond donors (Lipinski definition) is 0. The van der Waals surface area contributed by atoms with Crippen LogP contribution in [0.4, 0.5) is 10.5 Å². The molecule has 0 N–H and O–H groups in total. The number of piperidine rings is 1. The minimum atomic E-state index is -0.486. The van der Waals surface area contributed by atoms with E-state index in [2.05, 4.69) is 70.5 Å². The fourth-order valence-corrected chi connectivity index (χ4v) is 5.70. The number of hydrogen-bond acceptors (Lipinski definition) is 3. The second-order valence-electron chi connectivity index (χ2n) is 10.5. The molecule has 3 aromatic rings. The molecule has 2 aliphatic heterocycles. The van der Waals surface area contributed by atoms with E-state index in [4.69, 9.17) is 9.73 Å². The van der Waals surface area contributed by atoms with Crippen molar-refractivity contribution in [3.05, 3.63) is 64.6 Å². The van der Waals surface area contributed by atoms with E-state index in [1.165, 1.54) is 27.5 Å². The van der Waals surface area contributed by atoms with Gasteiger partial charge in [-0.05, 0) is 97.3 Å². The second-order valence-corrected chi connectivity index (χ2v) is 11.4. The minimum Gasteiger partial charge on any atom is -0.444 e. The highest BCUT2D eigenvalue weighted by atomic mass is 79.9. The Morgan fingerprint density at radius 3 is 2.50 bits per heavy atom. The average molecular weight is 519 g/mol. The summed E-state index contributed by atoms with van der Waals surface area (Å²) in [6.45, 7) is 5.78. The molecule has 2 heterocycles. The summed E-state index contributed by atoms with van der Waals surface area (Å²) in [5, 5.41) is 2.45. The van der Waals surface area contributed by atoms with Gasteiger partial charge in [0.05, 0.1) is 11.7 Å². The summed E-state index contributed by atoms with van der Waals surface area (Å²) in [6, 6.07) is 19.9. The summed E-state index contributed by atoms with van der Waals surface area (Å²) in [4.78, 5) is 19.9. The van der Waals surface area contributed by atoms with Gasteiger partial charge in [0.2, 0.25) is 0 Å². The van der Waals surface area contributed by atoms with Crippen LogP contribution in [0, 0.1) is 5.92 Å². The van der Waals surface area contributed by atoms with E-state index in [9.17, 15) is 4.79 Å². The van der Waals surface area contributed by atoms with Crippen molar-refractivity contribution in [2.75, 3.05) is 0 Å². The maximum absolute atomic E-state index is 13.0. The van der Waals surface area contributed by atoms with Gasteiger partial charge in [0.1, 0.15) is 5.60 Å². The summed E-state index contributed by atoms with van der Waals surface area (Å²) >= 11 is 3.55. The molecule has 0 unspecified atom stereocenters. The zero-order valence-electron chi connectivity index (χ0n) is 19.1. The molecule has 0 radical (unpaired) electrons. The van der Waals surface area contributed by atoms with E-state index in [1.807, 2.05) is 25.7 Å². The van der Waals surface area contributed by atoms with Crippen LogP contribution in [0.15, 0.2) is 64.1 Å². The predicted molar refractivity (Wildman–Crippen MR) is 143 cm³/mol. The molecule has 0 spiro atoms. The van der Waals surface area contributed by atoms with Crippen LogP contribution in [0.2, 0.25) is 0 Å². The first kappa shape index (κ1) is 23.1. The molecule has 2 fully saturated rings. The van der Waals surface area contributed by atoms with Gasteiger partial charge < -0.3 is 4.74 Å². The number of rotatable bonds is 2. The van der Waals surface area contributed by atoms with E-state index < -0.39 is 5.60 Å². The molecule has 5 heteroatoms. The molecule has 176 valence electrons. The number of carbonyl (C=O) groups excluding carboxylic acids is 1. The first-order valence-corrected chi connectivity index (χ1v) is 12.5. The van der Waals surface area contributed by atoms with Crippen molar-refractivity contribution in [3.8, 4) is 11.1 Å². The van der Waals surface area contributed by atoms with Gasteiger partial charge in [0.15, 0.2) is 0 Å². The van der Waals surface area contributed by atoms with Crippen LogP contribution in [0.1, 0.15) is 46.6 Å². The molecule has 1 saturated carbocycles. The van der Waals surface area contributed by atoms with Crippen molar-refractivity contribution in [1.29, 1.82) is 0 Å². The molecule has 3 atom stereocenters. The lowest BCUT2D eigenvalue weighted by Crippen LogP contribution is -2.45. The monoisotopic (exact) mass is 518 g/mol. The third-order valence-corrected chi connectivity index (χ3v) is 7.44. The van der Waals surface area contributed by atoms with Gasteiger partial charge in [-0.2, -0.15) is 0 Å². The topological polar surface area (TPSA) is 41.9 Å². The standard InChI is InChI=1S/C28H27BrN2O2.CH4/c1-28(2,3)33-27(32)31-25-14-21(25)15-26(31)24-13-20-11-18(7-9-23(20)30-24)16-4-5-19-12-22(29)8-6-17(19)10-16;/h4-12,21,25-26H,13-15H2,1-3H3;1H4/t21-,25-,26+;/m1./s1. The number of amides is 1. The van der Waals surface area contributed by atoms with Crippen molar-refractivity contribution in [2.24, 2.45) is 10.9 Å². The Balaban J connectivity index is 0.00000241. The summed E-state index contributed by atoms with van der Waals surface area (Å²) in [7, 11) is 0. The van der Waals surface area contributed by atoms with Gasteiger partial charge in [-0.25, -0.2) is 4.79 Å². The largest absolute Gasteiger partial charge is 0.444 e. The van der Waals surface area contributed by atoms with Crippen LogP contribution >= 0.6 is 15.9 Å². The molecule has 1 aliphatic carbocycles. The number of likely N-dealkylation sites (tertiary alicyclic amines) is 1. The number of nitrogens with zero attached hydrogens (tertiary/aromatic N) is 2. The maximum Gasteiger partial charge on any atom is 0.411 e. The van der Waals surface area contributed by atoms with Crippen molar-refractivity contribution in [2.45, 2.75) is 65.1 Å². The first-order valence-electron chi connectivity index (χ1n) is 11.7. The highest BCUT2D eigenvalue weighted by Crippen LogP contribution is 2.50. The van der Waals surface area contributed by atoms with E-state index >= 15 is 0 Å².